The summed E-state index contributed by atoms with van der Waals surface area (Å²) >= 11 is 0. The number of likely N-dealkylation sites (tertiary alicyclic amines) is 1. The summed E-state index contributed by atoms with van der Waals surface area (Å²) in [6.07, 6.45) is 5.47. The number of piperidine rings is 1. The molecule has 1 aliphatic heterocycles. The normalized spacial score (nSPS) is 14.2. The molecule has 4 aromatic rings. The number of ether oxygens (including phenoxy) is 1. The van der Waals surface area contributed by atoms with Gasteiger partial charge in [0.15, 0.2) is 11.6 Å². The maximum Gasteiger partial charge on any atom is 0.190 e. The molecule has 0 bridgehead atoms. The van der Waals surface area contributed by atoms with Gasteiger partial charge in [-0.1, -0.05) is 35.7 Å². The van der Waals surface area contributed by atoms with E-state index in [2.05, 4.69) is 57.5 Å². The van der Waals surface area contributed by atoms with E-state index in [1.165, 1.54) is 23.9 Å². The molecule has 2 aromatic carbocycles. The number of hydrogen-bond donors (Lipinski definition) is 1. The Morgan fingerprint density at radius 2 is 1.73 bits per heavy atom. The molecule has 1 saturated heterocycles. The van der Waals surface area contributed by atoms with Crippen LogP contribution in [0.2, 0.25) is 0 Å². The van der Waals surface area contributed by atoms with Crippen LogP contribution in [-0.2, 0) is 0 Å². The van der Waals surface area contributed by atoms with Crippen LogP contribution in [0, 0.1) is 26.6 Å². The van der Waals surface area contributed by atoms with Gasteiger partial charge in [-0.2, -0.15) is 4.68 Å². The molecular formula is C28H32FN7O. The molecule has 0 amide bonds. The summed E-state index contributed by atoms with van der Waals surface area (Å²) in [4.78, 5) is 6.77. The minimum Gasteiger partial charge on any atom is -0.492 e. The molecular weight excluding hydrogens is 469 g/mol. The lowest BCUT2D eigenvalue weighted by molar-refractivity contribution is 0.182. The van der Waals surface area contributed by atoms with E-state index in [-0.39, 0.29) is 11.5 Å². The number of aromatic nitrogens is 5. The highest BCUT2D eigenvalue weighted by atomic mass is 19.1. The van der Waals surface area contributed by atoms with Gasteiger partial charge in [0.1, 0.15) is 23.9 Å². The average Bonchev–Trinajstić information content (AvgIpc) is 3.36. The molecule has 0 spiro atoms. The fourth-order valence-electron chi connectivity index (χ4n) is 4.91. The van der Waals surface area contributed by atoms with Crippen LogP contribution in [0.5, 0.6) is 5.75 Å². The number of nitrogens with two attached hydrogens (primary N) is 1. The van der Waals surface area contributed by atoms with Crippen LogP contribution in [0.1, 0.15) is 36.0 Å². The van der Waals surface area contributed by atoms with Gasteiger partial charge in [-0.15, -0.1) is 5.10 Å². The third-order valence-electron chi connectivity index (χ3n) is 6.84. The van der Waals surface area contributed by atoms with Gasteiger partial charge in [0.25, 0.3) is 0 Å². The number of benzene rings is 2. The zero-order valence-corrected chi connectivity index (χ0v) is 21.5. The van der Waals surface area contributed by atoms with Crippen LogP contribution in [0.15, 0.2) is 42.6 Å². The molecule has 8 nitrogen and oxygen atoms in total. The molecule has 9 heteroatoms. The summed E-state index contributed by atoms with van der Waals surface area (Å²) in [7, 11) is 0. The Balaban J connectivity index is 1.42. The smallest absolute Gasteiger partial charge is 0.190 e. The van der Waals surface area contributed by atoms with Gasteiger partial charge >= 0.3 is 0 Å². The van der Waals surface area contributed by atoms with E-state index < -0.39 is 5.82 Å². The Labute approximate surface area is 216 Å². The van der Waals surface area contributed by atoms with Crippen LogP contribution in [0.4, 0.5) is 10.2 Å². The van der Waals surface area contributed by atoms with Crippen molar-refractivity contribution in [2.45, 2.75) is 40.0 Å². The van der Waals surface area contributed by atoms with E-state index >= 15 is 4.39 Å². The average molecular weight is 502 g/mol. The van der Waals surface area contributed by atoms with Gasteiger partial charge in [0.05, 0.1) is 5.56 Å². The Hall–Kier alpha value is -3.85. The third-order valence-corrected chi connectivity index (χ3v) is 6.84. The van der Waals surface area contributed by atoms with Crippen molar-refractivity contribution >= 4 is 5.82 Å². The number of nitrogen functional groups attached to an aromatic ring is 1. The molecule has 3 heterocycles. The second-order valence-corrected chi connectivity index (χ2v) is 9.72. The first-order valence-corrected chi connectivity index (χ1v) is 12.7. The van der Waals surface area contributed by atoms with E-state index in [0.29, 0.717) is 29.3 Å². The van der Waals surface area contributed by atoms with Crippen LogP contribution >= 0.6 is 0 Å². The van der Waals surface area contributed by atoms with E-state index in [1.54, 1.807) is 25.3 Å². The number of halogens is 1. The van der Waals surface area contributed by atoms with Gasteiger partial charge in [-0.05, 0) is 80.9 Å². The highest BCUT2D eigenvalue weighted by molar-refractivity contribution is 5.77. The standard InChI is InChI=1S/C28H32FN7O/c1-18-13-19(2)15-21(14-18)22-16-23(27(30)31-17-22)28-32-33-34-36(28)24-7-8-25(20(3)26(24)29)37-12-11-35-9-5-4-6-10-35/h7-8,13-17H,4-6,9-12H2,1-3H3,(H2,30,31). The van der Waals surface area contributed by atoms with E-state index in [1.807, 2.05) is 6.07 Å². The molecule has 0 radical (unpaired) electrons. The quantitative estimate of drug-likeness (QED) is 0.385. The second-order valence-electron chi connectivity index (χ2n) is 9.72. The predicted molar refractivity (Wildman–Crippen MR) is 142 cm³/mol. The summed E-state index contributed by atoms with van der Waals surface area (Å²) in [6, 6.07) is 11.6. The molecule has 37 heavy (non-hydrogen) atoms. The molecule has 2 aromatic heterocycles. The number of pyridine rings is 1. The van der Waals surface area contributed by atoms with Crippen molar-refractivity contribution < 1.29 is 9.13 Å². The SMILES string of the molecule is Cc1cc(C)cc(-c2cnc(N)c(-c3nnnn3-c3ccc(OCCN4CCCCC4)c(C)c3F)c2)c1. The Morgan fingerprint density at radius 1 is 0.973 bits per heavy atom. The van der Waals surface area contributed by atoms with E-state index in [0.717, 1.165) is 41.9 Å². The minimum atomic E-state index is -0.444. The van der Waals surface area contributed by atoms with Crippen molar-refractivity contribution in [2.24, 2.45) is 0 Å². The molecule has 2 N–H and O–H groups in total. The summed E-state index contributed by atoms with van der Waals surface area (Å²) in [5, 5.41) is 12.1. The van der Waals surface area contributed by atoms with Crippen molar-refractivity contribution in [2.75, 3.05) is 32.0 Å². The van der Waals surface area contributed by atoms with Crippen molar-refractivity contribution in [3.63, 3.8) is 0 Å². The highest BCUT2D eigenvalue weighted by Gasteiger charge is 2.21. The Morgan fingerprint density at radius 3 is 2.49 bits per heavy atom. The van der Waals surface area contributed by atoms with Gasteiger partial charge in [-0.25, -0.2) is 9.37 Å². The van der Waals surface area contributed by atoms with Gasteiger partial charge < -0.3 is 10.5 Å². The third kappa shape index (κ3) is 5.32. The molecule has 1 aliphatic rings. The van der Waals surface area contributed by atoms with Crippen molar-refractivity contribution in [3.8, 4) is 34.0 Å². The predicted octanol–water partition coefficient (Wildman–Crippen LogP) is 4.90. The van der Waals surface area contributed by atoms with Crippen molar-refractivity contribution in [1.29, 1.82) is 0 Å². The number of aryl methyl sites for hydroxylation is 2. The highest BCUT2D eigenvalue weighted by Crippen LogP contribution is 2.32. The monoisotopic (exact) mass is 501 g/mol. The number of nitrogens with zero attached hydrogens (tertiary/aromatic N) is 6. The van der Waals surface area contributed by atoms with Gasteiger partial charge in [-0.3, -0.25) is 4.90 Å². The largest absolute Gasteiger partial charge is 0.492 e. The molecule has 5 rings (SSSR count). The lowest BCUT2D eigenvalue weighted by Gasteiger charge is -2.26. The zero-order valence-electron chi connectivity index (χ0n) is 21.5. The molecule has 0 saturated carbocycles. The first-order valence-electron chi connectivity index (χ1n) is 12.7. The summed E-state index contributed by atoms with van der Waals surface area (Å²) < 4.78 is 22.9. The summed E-state index contributed by atoms with van der Waals surface area (Å²) in [5.41, 5.74) is 11.6. The van der Waals surface area contributed by atoms with Crippen molar-refractivity contribution in [3.05, 3.63) is 65.1 Å². The summed E-state index contributed by atoms with van der Waals surface area (Å²) in [5.74, 6) is 0.652. The van der Waals surface area contributed by atoms with E-state index in [9.17, 15) is 0 Å². The molecule has 192 valence electrons. The molecule has 0 atom stereocenters. The van der Waals surface area contributed by atoms with Crippen molar-refractivity contribution in [1.82, 2.24) is 30.1 Å². The van der Waals surface area contributed by atoms with Crippen LogP contribution in [0.25, 0.3) is 28.2 Å². The number of anilines is 1. The minimum absolute atomic E-state index is 0.220. The van der Waals surface area contributed by atoms with Gasteiger partial charge in [0, 0.05) is 23.9 Å². The molecule has 1 fully saturated rings. The summed E-state index contributed by atoms with van der Waals surface area (Å²) in [6.45, 7) is 9.35. The number of rotatable bonds is 7. The number of tetrazole rings is 1. The molecule has 0 unspecified atom stereocenters. The van der Waals surface area contributed by atoms with Crippen LogP contribution in [0.3, 0.4) is 0 Å². The Bertz CT molecular complexity index is 1390. The maximum absolute atomic E-state index is 15.6. The molecule has 0 aliphatic carbocycles. The first-order chi connectivity index (χ1) is 17.9. The van der Waals surface area contributed by atoms with Crippen LogP contribution in [-0.4, -0.2) is 56.3 Å². The first kappa shape index (κ1) is 24.8. The van der Waals surface area contributed by atoms with Gasteiger partial charge in [0.2, 0.25) is 0 Å². The topological polar surface area (TPSA) is 95.0 Å². The lowest BCUT2D eigenvalue weighted by atomic mass is 10.0. The Kier molecular flexibility index (Phi) is 7.14. The maximum atomic E-state index is 15.6. The van der Waals surface area contributed by atoms with E-state index in [4.69, 9.17) is 10.5 Å². The zero-order chi connectivity index (χ0) is 25.9. The number of hydrogen-bond acceptors (Lipinski definition) is 7. The lowest BCUT2D eigenvalue weighted by Crippen LogP contribution is -2.33. The fraction of sp³-hybridized carbons (Fsp3) is 0.357. The second kappa shape index (κ2) is 10.6. The fourth-order valence-corrected chi connectivity index (χ4v) is 4.91. The van der Waals surface area contributed by atoms with Crippen LogP contribution < -0.4 is 10.5 Å².